The monoisotopic (exact) mass is 338 g/mol. The van der Waals surface area contributed by atoms with Crippen molar-refractivity contribution in [3.05, 3.63) is 0 Å². The van der Waals surface area contributed by atoms with E-state index in [1.165, 1.54) is 25.7 Å². The van der Waals surface area contributed by atoms with Crippen molar-refractivity contribution in [2.24, 2.45) is 11.8 Å². The van der Waals surface area contributed by atoms with Crippen LogP contribution in [0.5, 0.6) is 0 Å². The molecule has 0 rings (SSSR count). The van der Waals surface area contributed by atoms with Gasteiger partial charge in [-0.25, -0.2) is 0 Å². The number of hydrogen-bond donors (Lipinski definition) is 1. The molecular formula is C16H35O3PS. The van der Waals surface area contributed by atoms with Gasteiger partial charge in [-0.15, -0.1) is 0 Å². The van der Waals surface area contributed by atoms with E-state index in [1.807, 2.05) is 0 Å². The van der Waals surface area contributed by atoms with Gasteiger partial charge in [0.25, 0.3) is 0 Å². The van der Waals surface area contributed by atoms with Crippen LogP contribution >= 0.6 is 6.72 Å². The van der Waals surface area contributed by atoms with Gasteiger partial charge in [-0.05, 0) is 36.5 Å². The molecule has 0 aliphatic heterocycles. The third-order valence-corrected chi connectivity index (χ3v) is 5.01. The minimum absolute atomic E-state index is 0.513. The Morgan fingerprint density at radius 2 is 1.14 bits per heavy atom. The molecule has 0 amide bonds. The molecule has 0 heterocycles. The summed E-state index contributed by atoms with van der Waals surface area (Å²) in [6.07, 6.45) is 9.08. The Bertz CT molecular complexity index is 259. The topological polar surface area (TPSA) is 38.7 Å². The van der Waals surface area contributed by atoms with Crippen LogP contribution in [-0.2, 0) is 20.9 Å². The molecule has 0 aromatic rings. The van der Waals surface area contributed by atoms with Crippen LogP contribution in [-0.4, -0.2) is 18.1 Å². The van der Waals surface area contributed by atoms with Gasteiger partial charge in [-0.1, -0.05) is 66.2 Å². The third-order valence-electron chi connectivity index (χ3n) is 3.36. The summed E-state index contributed by atoms with van der Waals surface area (Å²) in [6, 6.07) is 0. The average Bonchev–Trinajstić information content (AvgIpc) is 2.37. The van der Waals surface area contributed by atoms with Crippen LogP contribution in [0.15, 0.2) is 0 Å². The Morgan fingerprint density at radius 3 is 1.48 bits per heavy atom. The maximum atomic E-state index is 9.89. The molecule has 0 aromatic heterocycles. The lowest BCUT2D eigenvalue weighted by Gasteiger charge is -2.16. The molecule has 0 unspecified atom stereocenters. The van der Waals surface area contributed by atoms with Crippen molar-refractivity contribution in [2.75, 3.05) is 13.2 Å². The summed E-state index contributed by atoms with van der Waals surface area (Å²) in [6.45, 7) is 6.97. The zero-order chi connectivity index (χ0) is 16.1. The average molecular weight is 338 g/mol. The Morgan fingerprint density at radius 1 is 0.762 bits per heavy atom. The van der Waals surface area contributed by atoms with Crippen molar-refractivity contribution in [3.8, 4) is 0 Å². The minimum atomic E-state index is -2.99. The molecule has 0 radical (unpaired) electrons. The minimum Gasteiger partial charge on any atom is -0.324 e. The lowest BCUT2D eigenvalue weighted by molar-refractivity contribution is 0.190. The normalized spacial score (nSPS) is 12.5. The molecular weight excluding hydrogens is 303 g/mol. The number of hydrogen-bond acceptors (Lipinski definition) is 3. The predicted octanol–water partition coefficient (Wildman–Crippen LogP) is 5.67. The van der Waals surface area contributed by atoms with Crippen molar-refractivity contribution in [1.29, 1.82) is 0 Å². The van der Waals surface area contributed by atoms with Crippen molar-refractivity contribution in [3.63, 3.8) is 0 Å². The van der Waals surface area contributed by atoms with Gasteiger partial charge >= 0.3 is 6.72 Å². The Hall–Kier alpha value is 0.530. The molecule has 0 spiro atoms. The highest BCUT2D eigenvalue weighted by Gasteiger charge is 2.14. The lowest BCUT2D eigenvalue weighted by atomic mass is 10.1. The smallest absolute Gasteiger partial charge is 0.324 e. The molecule has 0 aliphatic rings. The van der Waals surface area contributed by atoms with E-state index in [-0.39, 0.29) is 0 Å². The number of rotatable bonds is 14. The molecule has 5 heteroatoms. The van der Waals surface area contributed by atoms with Crippen molar-refractivity contribution in [1.82, 2.24) is 0 Å². The summed E-state index contributed by atoms with van der Waals surface area (Å²) in [4.78, 5) is 9.89. The second-order valence-corrected chi connectivity index (χ2v) is 9.46. The first-order valence-corrected chi connectivity index (χ1v) is 11.0. The van der Waals surface area contributed by atoms with Gasteiger partial charge in [0.15, 0.2) is 0 Å². The van der Waals surface area contributed by atoms with Crippen LogP contribution in [0.4, 0.5) is 0 Å². The Balaban J connectivity index is 3.45. The van der Waals surface area contributed by atoms with Gasteiger partial charge < -0.3 is 13.9 Å². The SMILES string of the molecule is CC(C)CCCCCOP(O)(=S)OCCCCCC(C)C. The predicted molar refractivity (Wildman–Crippen MR) is 95.0 cm³/mol. The quantitative estimate of drug-likeness (QED) is 0.327. The van der Waals surface area contributed by atoms with Crippen molar-refractivity contribution in [2.45, 2.75) is 79.1 Å². The van der Waals surface area contributed by atoms with Crippen LogP contribution in [0.1, 0.15) is 79.1 Å². The van der Waals surface area contributed by atoms with Crippen LogP contribution in [0.25, 0.3) is 0 Å². The fourth-order valence-corrected chi connectivity index (χ4v) is 3.30. The number of unbranched alkanes of at least 4 members (excludes halogenated alkanes) is 4. The summed E-state index contributed by atoms with van der Waals surface area (Å²) in [7, 11) is 0. The van der Waals surface area contributed by atoms with E-state index >= 15 is 0 Å². The van der Waals surface area contributed by atoms with Crippen molar-refractivity contribution < 1.29 is 13.9 Å². The van der Waals surface area contributed by atoms with E-state index in [9.17, 15) is 4.89 Å². The summed E-state index contributed by atoms with van der Waals surface area (Å²) < 4.78 is 10.7. The van der Waals surface area contributed by atoms with Crippen molar-refractivity contribution >= 4 is 18.5 Å². The van der Waals surface area contributed by atoms with Gasteiger partial charge in [0.1, 0.15) is 0 Å². The lowest BCUT2D eigenvalue weighted by Crippen LogP contribution is -1.99. The van der Waals surface area contributed by atoms with Gasteiger partial charge in [0.2, 0.25) is 0 Å². The Labute approximate surface area is 137 Å². The van der Waals surface area contributed by atoms with E-state index in [1.54, 1.807) is 0 Å². The molecule has 1 N–H and O–H groups in total. The van der Waals surface area contributed by atoms with E-state index in [0.29, 0.717) is 13.2 Å². The standard InChI is InChI=1S/C16H35O3PS/c1-15(2)11-7-5-9-13-18-20(17,21)19-14-10-6-8-12-16(3)4/h15-16H,5-14H2,1-4H3,(H,17,21). The molecule has 0 saturated heterocycles. The highest BCUT2D eigenvalue weighted by atomic mass is 32.5. The molecule has 0 bridgehead atoms. The fraction of sp³-hybridized carbons (Fsp3) is 1.00. The molecule has 0 aromatic carbocycles. The highest BCUT2D eigenvalue weighted by molar-refractivity contribution is 8.07. The molecule has 0 saturated carbocycles. The van der Waals surface area contributed by atoms with Crippen LogP contribution in [0.3, 0.4) is 0 Å². The summed E-state index contributed by atoms with van der Waals surface area (Å²) in [5.74, 6) is 1.52. The fourth-order valence-electron chi connectivity index (χ4n) is 2.06. The molecule has 0 atom stereocenters. The molecule has 21 heavy (non-hydrogen) atoms. The first-order valence-electron chi connectivity index (χ1n) is 8.45. The van der Waals surface area contributed by atoms with E-state index in [0.717, 1.165) is 37.5 Å². The second kappa shape index (κ2) is 13.0. The maximum Gasteiger partial charge on any atom is 0.324 e. The summed E-state index contributed by atoms with van der Waals surface area (Å²) in [5, 5.41) is 0. The van der Waals surface area contributed by atoms with Crippen LogP contribution < -0.4 is 0 Å². The molecule has 3 nitrogen and oxygen atoms in total. The largest absolute Gasteiger partial charge is 0.324 e. The molecule has 0 fully saturated rings. The maximum absolute atomic E-state index is 9.89. The molecule has 0 aliphatic carbocycles. The van der Waals surface area contributed by atoms with E-state index < -0.39 is 6.72 Å². The van der Waals surface area contributed by atoms with Gasteiger partial charge in [-0.2, -0.15) is 0 Å². The first-order chi connectivity index (χ1) is 9.83. The second-order valence-electron chi connectivity index (χ2n) is 6.62. The van der Waals surface area contributed by atoms with E-state index in [2.05, 4.69) is 27.7 Å². The first kappa shape index (κ1) is 21.5. The van der Waals surface area contributed by atoms with Crippen LogP contribution in [0, 0.1) is 11.8 Å². The van der Waals surface area contributed by atoms with Crippen LogP contribution in [0.2, 0.25) is 0 Å². The van der Waals surface area contributed by atoms with Gasteiger partial charge in [0.05, 0.1) is 13.2 Å². The third kappa shape index (κ3) is 16.7. The molecule has 128 valence electrons. The summed E-state index contributed by atoms with van der Waals surface area (Å²) >= 11 is 5.00. The van der Waals surface area contributed by atoms with Gasteiger partial charge in [-0.3, -0.25) is 0 Å². The van der Waals surface area contributed by atoms with E-state index in [4.69, 9.17) is 20.9 Å². The van der Waals surface area contributed by atoms with Gasteiger partial charge in [0, 0.05) is 0 Å². The Kier molecular flexibility index (Phi) is 13.3. The highest BCUT2D eigenvalue weighted by Crippen LogP contribution is 2.43. The zero-order valence-electron chi connectivity index (χ0n) is 14.3. The zero-order valence-corrected chi connectivity index (χ0v) is 16.1. The summed E-state index contributed by atoms with van der Waals surface area (Å²) in [5.41, 5.74) is 0.